The summed E-state index contributed by atoms with van der Waals surface area (Å²) in [5, 5.41) is 3.73. The van der Waals surface area contributed by atoms with Gasteiger partial charge in [0.25, 0.3) is 0 Å². The molecule has 0 fully saturated rings. The molecule has 0 aliphatic heterocycles. The monoisotopic (exact) mass is 404 g/mol. The highest BCUT2D eigenvalue weighted by Crippen LogP contribution is 2.23. The molecule has 4 aromatic rings. The molecule has 0 bridgehead atoms. The summed E-state index contributed by atoms with van der Waals surface area (Å²) >= 11 is 0. The number of rotatable bonds is 3. The van der Waals surface area contributed by atoms with Gasteiger partial charge in [0.1, 0.15) is 5.82 Å². The third kappa shape index (κ3) is 5.17. The van der Waals surface area contributed by atoms with Crippen molar-refractivity contribution in [3.05, 3.63) is 89.9 Å². The van der Waals surface area contributed by atoms with Crippen molar-refractivity contribution in [1.82, 2.24) is 4.57 Å². The third-order valence-electron chi connectivity index (χ3n) is 4.65. The summed E-state index contributed by atoms with van der Waals surface area (Å²) in [6.07, 6.45) is 0. The van der Waals surface area contributed by atoms with Gasteiger partial charge in [0.05, 0.1) is 6.54 Å². The minimum absolute atomic E-state index is 0.0743. The Morgan fingerprint density at radius 2 is 1.63 bits per heavy atom. The van der Waals surface area contributed by atoms with Crippen LogP contribution in [0.25, 0.3) is 10.9 Å². The normalized spacial score (nSPS) is 10.4. The molecular weight excluding hydrogens is 379 g/mol. The number of nitrogens with one attached hydrogen (secondary N) is 1. The zero-order valence-corrected chi connectivity index (χ0v) is 17.0. The maximum absolute atomic E-state index is 13.7. The maximum Gasteiger partial charge on any atom is 0.221 e. The van der Waals surface area contributed by atoms with E-state index in [1.165, 1.54) is 13.0 Å². The number of nitrogens with zero attached hydrogens (tertiary/aromatic N) is 1. The molecule has 0 saturated carbocycles. The Labute approximate surface area is 175 Å². The number of halogens is 1. The van der Waals surface area contributed by atoms with E-state index in [2.05, 4.69) is 16.0 Å². The van der Waals surface area contributed by atoms with Crippen molar-refractivity contribution in [3.8, 4) is 0 Å². The van der Waals surface area contributed by atoms with Crippen LogP contribution in [0.4, 0.5) is 21.5 Å². The number of benzene rings is 3. The molecule has 0 atom stereocenters. The Kier molecular flexibility index (Phi) is 6.37. The number of carbonyl (C=O) groups excluding carboxylic acids is 1. The second-order valence-electron chi connectivity index (χ2n) is 7.08. The number of fused-ring (bicyclic) bond motifs is 1. The van der Waals surface area contributed by atoms with Crippen LogP contribution in [-0.2, 0) is 11.3 Å². The Morgan fingerprint density at radius 3 is 2.30 bits per heavy atom. The average molecular weight is 404 g/mol. The zero-order valence-electron chi connectivity index (χ0n) is 17.0. The minimum Gasteiger partial charge on any atom is -0.399 e. The van der Waals surface area contributed by atoms with Gasteiger partial charge in [-0.2, -0.15) is 0 Å². The Morgan fingerprint density at radius 1 is 0.967 bits per heavy atom. The number of anilines is 3. The summed E-state index contributed by atoms with van der Waals surface area (Å²) in [6, 6.07) is 21.8. The van der Waals surface area contributed by atoms with E-state index >= 15 is 0 Å². The molecule has 0 aliphatic carbocycles. The third-order valence-corrected chi connectivity index (χ3v) is 4.65. The molecule has 154 valence electrons. The van der Waals surface area contributed by atoms with Crippen molar-refractivity contribution in [1.29, 1.82) is 0 Å². The predicted octanol–water partition coefficient (Wildman–Crippen LogP) is 4.95. The second kappa shape index (κ2) is 9.13. The van der Waals surface area contributed by atoms with Crippen LogP contribution in [0.15, 0.2) is 72.8 Å². The van der Waals surface area contributed by atoms with Gasteiger partial charge in [-0.05, 0) is 61.5 Å². The van der Waals surface area contributed by atoms with E-state index in [0.29, 0.717) is 17.8 Å². The van der Waals surface area contributed by atoms with Crippen LogP contribution >= 0.6 is 0 Å². The van der Waals surface area contributed by atoms with E-state index in [4.69, 9.17) is 11.5 Å². The van der Waals surface area contributed by atoms with Crippen molar-refractivity contribution in [2.24, 2.45) is 0 Å². The lowest BCUT2D eigenvalue weighted by Crippen LogP contribution is -2.05. The number of nitrogens with two attached hydrogens (primary N) is 2. The lowest BCUT2D eigenvalue weighted by Gasteiger charge is -2.09. The van der Waals surface area contributed by atoms with Gasteiger partial charge >= 0.3 is 0 Å². The number of nitrogen functional groups attached to an aromatic ring is 2. The minimum atomic E-state index is -0.167. The molecule has 1 heterocycles. The molecule has 4 rings (SSSR count). The molecule has 1 amide bonds. The first-order valence-electron chi connectivity index (χ1n) is 9.55. The van der Waals surface area contributed by atoms with Crippen molar-refractivity contribution in [2.75, 3.05) is 16.8 Å². The topological polar surface area (TPSA) is 86.1 Å². The number of aromatic nitrogens is 1. The van der Waals surface area contributed by atoms with Gasteiger partial charge in [0.2, 0.25) is 5.91 Å². The second-order valence-corrected chi connectivity index (χ2v) is 7.08. The standard InChI is InChI=1S/C16H15FN2.C8H10N2O/c1-11-8-13-9-14(18)6-7-16(13)19(11)10-12-4-2-3-5-15(12)17;1-6(11)10-8-4-2-7(9)3-5-8/h2-9H,10,18H2,1H3;2-5H,9H2,1H3,(H,10,11). The lowest BCUT2D eigenvalue weighted by molar-refractivity contribution is -0.114. The molecule has 6 heteroatoms. The van der Waals surface area contributed by atoms with Crippen molar-refractivity contribution < 1.29 is 9.18 Å². The van der Waals surface area contributed by atoms with Gasteiger partial charge in [-0.25, -0.2) is 4.39 Å². The van der Waals surface area contributed by atoms with Crippen molar-refractivity contribution >= 4 is 33.9 Å². The fraction of sp³-hybridized carbons (Fsp3) is 0.125. The molecule has 0 radical (unpaired) electrons. The maximum atomic E-state index is 13.7. The molecular formula is C24H25FN4O. The Bertz CT molecular complexity index is 1170. The molecule has 0 unspecified atom stereocenters. The smallest absolute Gasteiger partial charge is 0.221 e. The molecule has 0 aliphatic rings. The van der Waals surface area contributed by atoms with Crippen LogP contribution in [0.5, 0.6) is 0 Å². The molecule has 0 spiro atoms. The zero-order chi connectivity index (χ0) is 21.7. The van der Waals surface area contributed by atoms with Crippen LogP contribution in [-0.4, -0.2) is 10.5 Å². The van der Waals surface area contributed by atoms with E-state index in [-0.39, 0.29) is 11.7 Å². The van der Waals surface area contributed by atoms with E-state index in [0.717, 1.165) is 28.0 Å². The molecule has 1 aromatic heterocycles. The van der Waals surface area contributed by atoms with Crippen molar-refractivity contribution in [2.45, 2.75) is 20.4 Å². The van der Waals surface area contributed by atoms with Gasteiger partial charge in [0, 0.05) is 46.1 Å². The van der Waals surface area contributed by atoms with Gasteiger partial charge in [-0.3, -0.25) is 4.79 Å². The van der Waals surface area contributed by atoms with Crippen LogP contribution in [0.3, 0.4) is 0 Å². The largest absolute Gasteiger partial charge is 0.399 e. The first kappa shape index (κ1) is 20.9. The summed E-state index contributed by atoms with van der Waals surface area (Å²) < 4.78 is 15.8. The van der Waals surface area contributed by atoms with Gasteiger partial charge in [0.15, 0.2) is 0 Å². The molecule has 0 saturated heterocycles. The number of carbonyl (C=O) groups is 1. The quantitative estimate of drug-likeness (QED) is 0.423. The summed E-state index contributed by atoms with van der Waals surface area (Å²) in [5.41, 5.74) is 16.3. The first-order chi connectivity index (χ1) is 14.3. The highest BCUT2D eigenvalue weighted by Gasteiger charge is 2.08. The van der Waals surface area contributed by atoms with Gasteiger partial charge in [-0.15, -0.1) is 0 Å². The lowest BCUT2D eigenvalue weighted by atomic mass is 10.2. The molecule has 30 heavy (non-hydrogen) atoms. The average Bonchev–Trinajstić information content (AvgIpc) is 3.00. The van der Waals surface area contributed by atoms with Crippen LogP contribution in [0.1, 0.15) is 18.2 Å². The van der Waals surface area contributed by atoms with Crippen LogP contribution in [0.2, 0.25) is 0 Å². The number of aryl methyl sites for hydroxylation is 1. The van der Waals surface area contributed by atoms with Crippen molar-refractivity contribution in [3.63, 3.8) is 0 Å². The SMILES string of the molecule is CC(=O)Nc1ccc(N)cc1.Cc1cc2cc(N)ccc2n1Cc1ccccc1F. The molecule has 5 nitrogen and oxygen atoms in total. The molecule has 5 N–H and O–H groups in total. The van der Waals surface area contributed by atoms with Gasteiger partial charge < -0.3 is 21.4 Å². The summed E-state index contributed by atoms with van der Waals surface area (Å²) in [4.78, 5) is 10.6. The van der Waals surface area contributed by atoms with Gasteiger partial charge in [-0.1, -0.05) is 18.2 Å². The van der Waals surface area contributed by atoms with E-state index in [1.54, 1.807) is 30.3 Å². The van der Waals surface area contributed by atoms with Crippen LogP contribution < -0.4 is 16.8 Å². The highest BCUT2D eigenvalue weighted by atomic mass is 19.1. The van der Waals surface area contributed by atoms with E-state index < -0.39 is 0 Å². The fourth-order valence-corrected chi connectivity index (χ4v) is 3.20. The van der Waals surface area contributed by atoms with E-state index in [1.807, 2.05) is 37.3 Å². The predicted molar refractivity (Wildman–Crippen MR) is 122 cm³/mol. The first-order valence-corrected chi connectivity index (χ1v) is 9.55. The fourth-order valence-electron chi connectivity index (χ4n) is 3.20. The highest BCUT2D eigenvalue weighted by molar-refractivity contribution is 5.88. The summed E-state index contributed by atoms with van der Waals surface area (Å²) in [5.74, 6) is -0.242. The molecule has 3 aromatic carbocycles. The number of amides is 1. The Hall–Kier alpha value is -3.80. The Balaban J connectivity index is 0.000000199. The van der Waals surface area contributed by atoms with Crippen LogP contribution in [0, 0.1) is 12.7 Å². The number of hydrogen-bond acceptors (Lipinski definition) is 3. The summed E-state index contributed by atoms with van der Waals surface area (Å²) in [7, 11) is 0. The van der Waals surface area contributed by atoms with E-state index in [9.17, 15) is 9.18 Å². The summed E-state index contributed by atoms with van der Waals surface area (Å²) in [6.45, 7) is 4.03. The number of hydrogen-bond donors (Lipinski definition) is 3.